The van der Waals surface area contributed by atoms with Gasteiger partial charge in [-0.25, -0.2) is 4.79 Å². The molecule has 121 heavy (non-hydrogen) atoms. The van der Waals surface area contributed by atoms with E-state index >= 15 is 0 Å². The highest BCUT2D eigenvalue weighted by molar-refractivity contribution is 6.01. The number of imide groups is 1. The highest BCUT2D eigenvalue weighted by atomic mass is 16.8. The average Bonchev–Trinajstić information content (AvgIpc) is 1.24. The van der Waals surface area contributed by atoms with Crippen LogP contribution in [0.3, 0.4) is 0 Å². The molecule has 0 radical (unpaired) electrons. The quantitative estimate of drug-likeness (QED) is 0.0199. The van der Waals surface area contributed by atoms with Crippen LogP contribution in [0, 0.1) is 0 Å². The number of hydrogen-bond donors (Lipinski definition) is 28. The molecule has 0 saturated carbocycles. The number of rotatable bonds is 47. The van der Waals surface area contributed by atoms with Gasteiger partial charge in [0.05, 0.1) is 78.3 Å². The Morgan fingerprint density at radius 2 is 0.711 bits per heavy atom. The zero-order valence-electron chi connectivity index (χ0n) is 65.3. The molecular formula is C69H114N8O44. The summed E-state index contributed by atoms with van der Waals surface area (Å²) in [4.78, 5) is 140. The van der Waals surface area contributed by atoms with Crippen molar-refractivity contribution >= 4 is 59.1 Å². The lowest BCUT2D eigenvalue weighted by molar-refractivity contribution is -0.366. The van der Waals surface area contributed by atoms with Crippen molar-refractivity contribution in [3.05, 3.63) is 0 Å². The predicted molar refractivity (Wildman–Crippen MR) is 384 cm³/mol. The molecule has 1 unspecified atom stereocenters. The van der Waals surface area contributed by atoms with Crippen molar-refractivity contribution in [1.29, 1.82) is 0 Å². The standard InChI is InChI=1S/C69H114N8O44/c78-22-28-21-32(83)45(91)64(114-28)109-17-13-70-38(84)8-5-29(61(106)73-16-20-112-68-59(105)60(120-69-58(104)54(100)49(95)36(26-82)118-69)50(96)37(119-68)27-113-67-57(103)53(99)48(94)35(25-81)117-67)75-63(108)31(7-10-40(86)72-15-19-111-66-56(102)52(98)47(93)34(24-80)116-66)76-62(107)30(74-41(87)3-1-2-4-44(90)121-77-42(88)11-12-43(77)89)6-9-39(85)71-14-18-110-65-55(101)51(97)46(92)33(23-79)115-65/h28-37,45-60,64-69,78-83,91-105H,1-27H2,(H,70,84)(H,71,85)(H,72,86)(H,73,106)(H,74,87)(H,75,108)(H,76,107)/t28-,29-,30-,31?,32-,33+,34+,35+,36+,37+,45-,46+,47+,48+,49+,50+,51-,52-,53-,54-,55-,56-,57-,58-,59-,60-,64-,65-,66-,67-,68-,69+/m0/s1. The van der Waals surface area contributed by atoms with Crippen LogP contribution < -0.4 is 37.2 Å². The molecule has 7 rings (SSSR count). The van der Waals surface area contributed by atoms with Crippen LogP contribution in [0.1, 0.15) is 83.5 Å². The van der Waals surface area contributed by atoms with Crippen molar-refractivity contribution in [2.24, 2.45) is 0 Å². The largest absolute Gasteiger partial charge is 0.394 e. The van der Waals surface area contributed by atoms with Gasteiger partial charge in [-0.15, -0.1) is 5.06 Å². The van der Waals surface area contributed by atoms with Gasteiger partial charge in [0.1, 0.15) is 146 Å². The van der Waals surface area contributed by atoms with Crippen molar-refractivity contribution in [2.45, 2.75) is 280 Å². The second kappa shape index (κ2) is 50.1. The number of nitrogens with zero attached hydrogens (tertiary/aromatic N) is 1. The van der Waals surface area contributed by atoms with E-state index in [0.717, 1.165) is 0 Å². The van der Waals surface area contributed by atoms with Crippen molar-refractivity contribution in [3.8, 4) is 0 Å². The maximum atomic E-state index is 15.0. The molecule has 9 amide bonds. The van der Waals surface area contributed by atoms with Gasteiger partial charge in [0.15, 0.2) is 37.7 Å². The molecule has 52 nitrogen and oxygen atoms in total. The third-order valence-electron chi connectivity index (χ3n) is 20.4. The van der Waals surface area contributed by atoms with Crippen molar-refractivity contribution in [2.75, 3.05) is 92.2 Å². The van der Waals surface area contributed by atoms with Crippen LogP contribution >= 0.6 is 0 Å². The number of hydrogen-bond acceptors (Lipinski definition) is 44. The van der Waals surface area contributed by atoms with E-state index in [1.165, 1.54) is 0 Å². The van der Waals surface area contributed by atoms with E-state index in [2.05, 4.69) is 37.2 Å². The molecule has 32 atom stereocenters. The van der Waals surface area contributed by atoms with Gasteiger partial charge in [0, 0.05) is 77.5 Å². The van der Waals surface area contributed by atoms with Crippen LogP contribution in [0.4, 0.5) is 0 Å². The minimum absolute atomic E-state index is 0.0973. The molecule has 0 bridgehead atoms. The third kappa shape index (κ3) is 29.3. The molecule has 7 aliphatic heterocycles. The molecule has 7 saturated heterocycles. The van der Waals surface area contributed by atoms with Crippen LogP contribution in [0.2, 0.25) is 0 Å². The monoisotopic (exact) mass is 1760 g/mol. The second-order valence-electron chi connectivity index (χ2n) is 29.3. The fourth-order valence-corrected chi connectivity index (χ4v) is 13.3. The fraction of sp³-hybridized carbons (Fsp3) is 0.855. The topological polar surface area (TPSA) is 803 Å². The molecule has 7 heterocycles. The van der Waals surface area contributed by atoms with Crippen LogP contribution in [0.15, 0.2) is 0 Å². The Hall–Kier alpha value is -6.42. The van der Waals surface area contributed by atoms with Gasteiger partial charge < -0.3 is 206 Å². The minimum Gasteiger partial charge on any atom is -0.394 e. The van der Waals surface area contributed by atoms with Gasteiger partial charge in [-0.05, 0) is 32.1 Å². The molecule has 7 aliphatic rings. The lowest BCUT2D eigenvalue weighted by Crippen LogP contribution is -2.65. The number of nitrogens with one attached hydrogen (secondary N) is 7. The van der Waals surface area contributed by atoms with E-state index in [0.29, 0.717) is 5.06 Å². The SMILES string of the molecule is O=C(CCC(NC(=O)[C@H](CCC(=O)NCCO[C@H]1O[C@H](CO)[C@@H](O)[C@H](O)[C@@H]1O)NC(=O)CCCCC(=O)ON1C(=O)CCC1=O)C(=O)N[C@@H](CCC(=O)NCCO[C@H]1O[C@H](CO)C[C@H](O)[C@@H]1O)C(=O)NCCO[C@H]1O[C@H](CO[C@H]2O[C@H](CO)[C@@H](O)[C@H](O)[C@@H]2O)[C@@H](O)[C@H](O[C@H]2O[C@H](CO)[C@@H](O)[C@H](O)[C@@H]2O)[C@@H]1O)NCCO[C@H]1O[C@H](CO)[C@@H](O)[C@H](O)[C@@H]1O. The summed E-state index contributed by atoms with van der Waals surface area (Å²) >= 11 is 0. The summed E-state index contributed by atoms with van der Waals surface area (Å²) < 4.78 is 66.2. The Balaban J connectivity index is 1.11. The van der Waals surface area contributed by atoms with Gasteiger partial charge in [-0.1, -0.05) is 0 Å². The van der Waals surface area contributed by atoms with Crippen molar-refractivity contribution in [3.63, 3.8) is 0 Å². The summed E-state index contributed by atoms with van der Waals surface area (Å²) in [7, 11) is 0. The average molecular weight is 1760 g/mol. The van der Waals surface area contributed by atoms with Crippen LogP contribution in [-0.2, 0) is 110 Å². The molecule has 0 aromatic carbocycles. The first kappa shape index (κ1) is 102. The number of aliphatic hydroxyl groups excluding tert-OH is 21. The molecule has 7 fully saturated rings. The number of unbranched alkanes of at least 4 members (excludes halogenated alkanes) is 1. The Kier molecular flexibility index (Phi) is 42.1. The van der Waals surface area contributed by atoms with Crippen LogP contribution in [-0.4, -0.2) is 460 Å². The summed E-state index contributed by atoms with van der Waals surface area (Å²) in [6, 6.07) is -5.66. The highest BCUT2D eigenvalue weighted by Gasteiger charge is 2.53. The first-order chi connectivity index (χ1) is 57.6. The third-order valence-corrected chi connectivity index (χ3v) is 20.4. The molecule has 52 heteroatoms. The maximum Gasteiger partial charge on any atom is 0.333 e. The number of hydroxylamine groups is 2. The number of aliphatic hydroxyl groups is 21. The molecule has 0 aromatic heterocycles. The summed E-state index contributed by atoms with van der Waals surface area (Å²) in [5.74, 6) is -9.74. The minimum atomic E-state index is -2.17. The molecule has 694 valence electrons. The van der Waals surface area contributed by atoms with Gasteiger partial charge in [0.25, 0.3) is 11.8 Å². The highest BCUT2D eigenvalue weighted by Crippen LogP contribution is 2.33. The summed E-state index contributed by atoms with van der Waals surface area (Å²) in [5.41, 5.74) is 0. The molecule has 28 N–H and O–H groups in total. The predicted octanol–water partition coefficient (Wildman–Crippen LogP) is -17.6. The Labute approximate surface area is 688 Å². The van der Waals surface area contributed by atoms with E-state index in [4.69, 9.17) is 61.7 Å². The zero-order valence-corrected chi connectivity index (χ0v) is 65.3. The lowest BCUT2D eigenvalue weighted by atomic mass is 9.96. The van der Waals surface area contributed by atoms with Gasteiger partial charge in [-0.2, -0.15) is 0 Å². The summed E-state index contributed by atoms with van der Waals surface area (Å²) in [6.45, 7) is -8.65. The normalized spacial score (nSPS) is 35.3. The smallest absolute Gasteiger partial charge is 0.333 e. The van der Waals surface area contributed by atoms with Gasteiger partial charge >= 0.3 is 5.97 Å². The Bertz CT molecular complexity index is 3250. The molecule has 0 spiro atoms. The Morgan fingerprint density at radius 1 is 0.355 bits per heavy atom. The maximum absolute atomic E-state index is 15.0. The molecular weight excluding hydrogens is 1640 g/mol. The number of ether oxygens (including phenoxy) is 12. The molecule has 0 aromatic rings. The van der Waals surface area contributed by atoms with E-state index in [9.17, 15) is 155 Å². The lowest BCUT2D eigenvalue weighted by Gasteiger charge is -2.46. The van der Waals surface area contributed by atoms with Crippen LogP contribution in [0.25, 0.3) is 0 Å². The van der Waals surface area contributed by atoms with E-state index in [1.54, 1.807) is 0 Å². The second-order valence-corrected chi connectivity index (χ2v) is 29.3. The number of carbonyl (C=O) groups excluding carboxylic acids is 10. The number of amides is 9. The van der Waals surface area contributed by atoms with Gasteiger partial charge in [-0.3, -0.25) is 43.2 Å². The first-order valence-corrected chi connectivity index (χ1v) is 39.2. The van der Waals surface area contributed by atoms with E-state index < -0.39 is 379 Å². The first-order valence-electron chi connectivity index (χ1n) is 39.2. The zero-order chi connectivity index (χ0) is 89.1. The van der Waals surface area contributed by atoms with E-state index in [1.807, 2.05) is 0 Å². The summed E-state index contributed by atoms with van der Waals surface area (Å²) in [6.07, 6.45) is -56.6. The Morgan fingerprint density at radius 3 is 1.13 bits per heavy atom. The van der Waals surface area contributed by atoms with Crippen molar-refractivity contribution in [1.82, 2.24) is 42.3 Å². The molecule has 0 aliphatic carbocycles. The van der Waals surface area contributed by atoms with Gasteiger partial charge in [0.2, 0.25) is 41.4 Å². The van der Waals surface area contributed by atoms with Crippen molar-refractivity contribution < 1.29 is 217 Å². The van der Waals surface area contributed by atoms with Crippen LogP contribution in [0.5, 0.6) is 0 Å². The number of carbonyl (C=O) groups is 10. The summed E-state index contributed by atoms with van der Waals surface area (Å²) in [5, 5.41) is 235. The van der Waals surface area contributed by atoms with E-state index in [-0.39, 0.29) is 51.8 Å². The fourth-order valence-electron chi connectivity index (χ4n) is 13.3.